The average Bonchev–Trinajstić information content (AvgIpc) is 2.92. The molecule has 0 atom stereocenters. The van der Waals surface area contributed by atoms with Crippen LogP contribution in [0.15, 0.2) is 24.5 Å². The zero-order valence-electron chi connectivity index (χ0n) is 11.5. The predicted octanol–water partition coefficient (Wildman–Crippen LogP) is 3.10. The van der Waals surface area contributed by atoms with E-state index in [0.717, 1.165) is 18.5 Å². The number of hydrogen-bond donors (Lipinski definition) is 0. The normalized spacial score (nSPS) is 10.8. The van der Waals surface area contributed by atoms with Crippen LogP contribution in [0.3, 0.4) is 0 Å². The van der Waals surface area contributed by atoms with E-state index < -0.39 is 0 Å². The first-order chi connectivity index (χ1) is 9.40. The molecule has 0 fully saturated rings. The Kier molecular flexibility index (Phi) is 5.47. The van der Waals surface area contributed by atoms with E-state index in [1.807, 2.05) is 12.1 Å². The van der Waals surface area contributed by atoms with Crippen LogP contribution in [0.5, 0.6) is 0 Å². The Morgan fingerprint density at radius 2 is 1.95 bits per heavy atom. The van der Waals surface area contributed by atoms with Crippen molar-refractivity contribution in [2.45, 2.75) is 52.0 Å². The molecule has 0 N–H and O–H groups in total. The Morgan fingerprint density at radius 1 is 1.11 bits per heavy atom. The van der Waals surface area contributed by atoms with Gasteiger partial charge in [-0.3, -0.25) is 4.98 Å². The predicted molar refractivity (Wildman–Crippen MR) is 74.4 cm³/mol. The van der Waals surface area contributed by atoms with Crippen molar-refractivity contribution in [1.82, 2.24) is 25.2 Å². The molecule has 102 valence electrons. The monoisotopic (exact) mass is 259 g/mol. The van der Waals surface area contributed by atoms with Gasteiger partial charge in [0.15, 0.2) is 0 Å². The molecule has 0 amide bonds. The first-order valence-electron chi connectivity index (χ1n) is 7.08. The van der Waals surface area contributed by atoms with E-state index in [2.05, 4.69) is 27.3 Å². The van der Waals surface area contributed by atoms with Crippen LogP contribution in [0.25, 0.3) is 11.4 Å². The van der Waals surface area contributed by atoms with Crippen LogP contribution in [0.1, 0.15) is 45.4 Å². The van der Waals surface area contributed by atoms with Crippen molar-refractivity contribution in [3.8, 4) is 11.4 Å². The molecule has 2 heterocycles. The lowest BCUT2D eigenvalue weighted by atomic mass is 10.1. The first kappa shape index (κ1) is 13.6. The number of pyridine rings is 1. The summed E-state index contributed by atoms with van der Waals surface area (Å²) in [5, 5.41) is 12.5. The maximum absolute atomic E-state index is 4.37. The Bertz CT molecular complexity index is 466. The second-order valence-corrected chi connectivity index (χ2v) is 4.72. The van der Waals surface area contributed by atoms with Crippen LogP contribution in [0.4, 0.5) is 0 Å². The number of nitrogens with zero attached hydrogens (tertiary/aromatic N) is 5. The number of hydrogen-bond acceptors (Lipinski definition) is 4. The fourth-order valence-electron chi connectivity index (χ4n) is 1.98. The summed E-state index contributed by atoms with van der Waals surface area (Å²) < 4.78 is 0. The van der Waals surface area contributed by atoms with Crippen molar-refractivity contribution in [1.29, 1.82) is 0 Å². The van der Waals surface area contributed by atoms with Gasteiger partial charge < -0.3 is 0 Å². The highest BCUT2D eigenvalue weighted by atomic mass is 15.6. The van der Waals surface area contributed by atoms with Crippen molar-refractivity contribution in [2.75, 3.05) is 0 Å². The Hall–Kier alpha value is -1.78. The third-order valence-electron chi connectivity index (χ3n) is 3.08. The number of rotatable bonds is 8. The van der Waals surface area contributed by atoms with Gasteiger partial charge in [-0.15, -0.1) is 10.2 Å². The van der Waals surface area contributed by atoms with Crippen LogP contribution in [0.2, 0.25) is 0 Å². The van der Waals surface area contributed by atoms with Crippen LogP contribution >= 0.6 is 0 Å². The lowest BCUT2D eigenvalue weighted by Crippen LogP contribution is -2.02. The third-order valence-corrected chi connectivity index (χ3v) is 3.08. The highest BCUT2D eigenvalue weighted by Gasteiger charge is 2.04. The fraction of sp³-hybridized carbons (Fsp3) is 0.571. The van der Waals surface area contributed by atoms with Gasteiger partial charge in [0.25, 0.3) is 0 Å². The van der Waals surface area contributed by atoms with Gasteiger partial charge >= 0.3 is 0 Å². The molecule has 0 spiro atoms. The molecule has 2 rings (SSSR count). The SMILES string of the molecule is CCCCCCCCn1nnc(-c2cccnc2)n1. The van der Waals surface area contributed by atoms with Gasteiger partial charge in [0.2, 0.25) is 5.82 Å². The van der Waals surface area contributed by atoms with Crippen LogP contribution < -0.4 is 0 Å². The number of aryl methyl sites for hydroxylation is 1. The van der Waals surface area contributed by atoms with Gasteiger partial charge in [-0.05, 0) is 23.8 Å². The average molecular weight is 259 g/mol. The maximum atomic E-state index is 4.37. The zero-order valence-corrected chi connectivity index (χ0v) is 11.5. The lowest BCUT2D eigenvalue weighted by Gasteiger charge is -1.99. The summed E-state index contributed by atoms with van der Waals surface area (Å²) in [6.45, 7) is 3.08. The highest BCUT2D eigenvalue weighted by Crippen LogP contribution is 2.11. The summed E-state index contributed by atoms with van der Waals surface area (Å²) in [5.41, 5.74) is 0.914. The summed E-state index contributed by atoms with van der Waals surface area (Å²) in [7, 11) is 0. The Labute approximate surface area is 114 Å². The molecular weight excluding hydrogens is 238 g/mol. The maximum Gasteiger partial charge on any atom is 0.206 e. The molecule has 5 nitrogen and oxygen atoms in total. The van der Waals surface area contributed by atoms with E-state index in [1.54, 1.807) is 17.2 Å². The minimum Gasteiger partial charge on any atom is -0.264 e. The van der Waals surface area contributed by atoms with Gasteiger partial charge in [-0.2, -0.15) is 4.80 Å². The van der Waals surface area contributed by atoms with Crippen molar-refractivity contribution in [3.05, 3.63) is 24.5 Å². The third kappa shape index (κ3) is 4.43. The standard InChI is InChI=1S/C14H21N5/c1-2-3-4-5-6-7-11-19-17-14(16-18-19)13-9-8-10-15-12-13/h8-10,12H,2-7,11H2,1H3. The molecule has 2 aromatic rings. The van der Waals surface area contributed by atoms with Crippen LogP contribution in [-0.4, -0.2) is 25.2 Å². The van der Waals surface area contributed by atoms with Crippen molar-refractivity contribution >= 4 is 0 Å². The van der Waals surface area contributed by atoms with E-state index in [0.29, 0.717) is 5.82 Å². The van der Waals surface area contributed by atoms with Crippen molar-refractivity contribution in [3.63, 3.8) is 0 Å². The fourth-order valence-corrected chi connectivity index (χ4v) is 1.98. The van der Waals surface area contributed by atoms with Crippen molar-refractivity contribution < 1.29 is 0 Å². The first-order valence-corrected chi connectivity index (χ1v) is 7.08. The number of unbranched alkanes of at least 4 members (excludes halogenated alkanes) is 5. The molecule has 0 aliphatic heterocycles. The van der Waals surface area contributed by atoms with Gasteiger partial charge in [0, 0.05) is 18.0 Å². The second-order valence-electron chi connectivity index (χ2n) is 4.72. The molecule has 2 aromatic heterocycles. The molecule has 0 radical (unpaired) electrons. The zero-order chi connectivity index (χ0) is 13.3. The van der Waals surface area contributed by atoms with Gasteiger partial charge in [-0.25, -0.2) is 0 Å². The molecule has 19 heavy (non-hydrogen) atoms. The lowest BCUT2D eigenvalue weighted by molar-refractivity contribution is 0.474. The summed E-state index contributed by atoms with van der Waals surface area (Å²) in [6, 6.07) is 3.82. The molecule has 0 bridgehead atoms. The summed E-state index contributed by atoms with van der Waals surface area (Å²) >= 11 is 0. The topological polar surface area (TPSA) is 56.5 Å². The van der Waals surface area contributed by atoms with Gasteiger partial charge in [0.05, 0.1) is 6.54 Å². The molecule has 0 unspecified atom stereocenters. The van der Waals surface area contributed by atoms with Crippen molar-refractivity contribution in [2.24, 2.45) is 0 Å². The van der Waals surface area contributed by atoms with E-state index in [-0.39, 0.29) is 0 Å². The number of tetrazole rings is 1. The molecule has 0 saturated heterocycles. The molecule has 0 aromatic carbocycles. The smallest absolute Gasteiger partial charge is 0.206 e. The summed E-state index contributed by atoms with van der Waals surface area (Å²) in [4.78, 5) is 5.74. The minimum atomic E-state index is 0.652. The van der Waals surface area contributed by atoms with E-state index in [4.69, 9.17) is 0 Å². The van der Waals surface area contributed by atoms with Gasteiger partial charge in [0.1, 0.15) is 0 Å². The molecule has 0 aliphatic rings. The second kappa shape index (κ2) is 7.61. The van der Waals surface area contributed by atoms with E-state index >= 15 is 0 Å². The van der Waals surface area contributed by atoms with E-state index in [9.17, 15) is 0 Å². The minimum absolute atomic E-state index is 0.652. The summed E-state index contributed by atoms with van der Waals surface area (Å²) in [5.74, 6) is 0.652. The van der Waals surface area contributed by atoms with Gasteiger partial charge in [-0.1, -0.05) is 39.0 Å². The molecule has 0 saturated carbocycles. The molecule has 5 heteroatoms. The highest BCUT2D eigenvalue weighted by molar-refractivity contribution is 5.51. The quantitative estimate of drug-likeness (QED) is 0.683. The van der Waals surface area contributed by atoms with Crippen LogP contribution in [-0.2, 0) is 6.54 Å². The Balaban J connectivity index is 1.75. The molecular formula is C14H21N5. The number of aromatic nitrogens is 5. The molecule has 0 aliphatic carbocycles. The van der Waals surface area contributed by atoms with Crippen LogP contribution in [0, 0.1) is 0 Å². The van der Waals surface area contributed by atoms with E-state index in [1.165, 1.54) is 32.1 Å². The largest absolute Gasteiger partial charge is 0.264 e. The Morgan fingerprint density at radius 3 is 2.74 bits per heavy atom. The summed E-state index contributed by atoms with van der Waals surface area (Å²) in [6.07, 6.45) is 11.1.